The molecule has 0 bridgehead atoms. The number of hydrogen-bond acceptors (Lipinski definition) is 2. The third-order valence-electron chi connectivity index (χ3n) is 5.68. The van der Waals surface area contributed by atoms with Crippen LogP contribution in [0.1, 0.15) is 43.7 Å². The molecule has 2 aliphatic rings. The zero-order valence-corrected chi connectivity index (χ0v) is 14.7. The summed E-state index contributed by atoms with van der Waals surface area (Å²) in [6.07, 6.45) is 7.74. The lowest BCUT2D eigenvalue weighted by molar-refractivity contribution is 0.0520. The molecule has 0 heterocycles. The van der Waals surface area contributed by atoms with Gasteiger partial charge in [0, 0.05) is 23.1 Å². The van der Waals surface area contributed by atoms with E-state index in [0.29, 0.717) is 0 Å². The first-order valence-corrected chi connectivity index (χ1v) is 9.18. The largest absolute Gasteiger partial charge is 0.329 e. The Labute approximate surface area is 137 Å². The normalized spacial score (nSPS) is 25.7. The molecule has 2 nitrogen and oxygen atoms in total. The van der Waals surface area contributed by atoms with Gasteiger partial charge in [0.25, 0.3) is 0 Å². The number of likely N-dealkylation sites (N-methyl/N-ethyl adjacent to an activating group) is 1. The Morgan fingerprint density at radius 2 is 2.14 bits per heavy atom. The zero-order chi connectivity index (χ0) is 14.9. The minimum absolute atomic E-state index is 0.186. The summed E-state index contributed by atoms with van der Waals surface area (Å²) < 4.78 is 1.20. The van der Waals surface area contributed by atoms with E-state index in [4.69, 9.17) is 5.73 Å². The number of rotatable bonds is 5. The van der Waals surface area contributed by atoms with Gasteiger partial charge in [0.05, 0.1) is 0 Å². The fraction of sp³-hybridized carbons (Fsp3) is 0.667. The van der Waals surface area contributed by atoms with E-state index in [-0.39, 0.29) is 5.54 Å². The highest BCUT2D eigenvalue weighted by atomic mass is 79.9. The first kappa shape index (κ1) is 15.5. The van der Waals surface area contributed by atoms with E-state index in [0.717, 1.165) is 31.8 Å². The smallest absolute Gasteiger partial charge is 0.0375 e. The van der Waals surface area contributed by atoms with E-state index in [9.17, 15) is 0 Å². The lowest BCUT2D eigenvalue weighted by Gasteiger charge is -2.48. The second kappa shape index (κ2) is 6.39. The summed E-state index contributed by atoms with van der Waals surface area (Å²) in [6.45, 7) is 5.45. The van der Waals surface area contributed by atoms with Gasteiger partial charge in [-0.05, 0) is 67.8 Å². The molecule has 0 radical (unpaired) electrons. The van der Waals surface area contributed by atoms with Gasteiger partial charge in [-0.3, -0.25) is 4.90 Å². The minimum atomic E-state index is 0.186. The fourth-order valence-electron chi connectivity index (χ4n) is 4.03. The molecule has 1 saturated carbocycles. The van der Waals surface area contributed by atoms with Crippen molar-refractivity contribution in [3.05, 3.63) is 33.8 Å². The van der Waals surface area contributed by atoms with Gasteiger partial charge in [-0.15, -0.1) is 0 Å². The molecule has 21 heavy (non-hydrogen) atoms. The minimum Gasteiger partial charge on any atom is -0.329 e. The number of benzene rings is 1. The van der Waals surface area contributed by atoms with Crippen LogP contribution in [0.5, 0.6) is 0 Å². The maximum Gasteiger partial charge on any atom is 0.0375 e. The monoisotopic (exact) mass is 350 g/mol. The lowest BCUT2D eigenvalue weighted by atomic mass is 9.75. The second-order valence-electron chi connectivity index (χ2n) is 6.85. The Morgan fingerprint density at radius 3 is 2.76 bits per heavy atom. The molecule has 116 valence electrons. The number of aryl methyl sites for hydroxylation is 1. The molecule has 0 amide bonds. The van der Waals surface area contributed by atoms with Crippen molar-refractivity contribution in [1.29, 1.82) is 0 Å². The molecule has 0 spiro atoms. The Hall–Kier alpha value is -0.380. The average Bonchev–Trinajstić information content (AvgIpc) is 2.46. The molecule has 0 aliphatic heterocycles. The predicted octanol–water partition coefficient (Wildman–Crippen LogP) is 3.76. The van der Waals surface area contributed by atoms with E-state index in [2.05, 4.69) is 46.0 Å². The molecular formula is C18H27BrN2. The fourth-order valence-corrected chi connectivity index (χ4v) is 4.44. The van der Waals surface area contributed by atoms with Crippen LogP contribution < -0.4 is 5.73 Å². The zero-order valence-electron chi connectivity index (χ0n) is 13.1. The van der Waals surface area contributed by atoms with E-state index >= 15 is 0 Å². The molecule has 0 aromatic heterocycles. The van der Waals surface area contributed by atoms with Crippen LogP contribution in [-0.4, -0.2) is 30.1 Å². The van der Waals surface area contributed by atoms with Crippen molar-refractivity contribution in [3.63, 3.8) is 0 Å². The first-order chi connectivity index (χ1) is 10.2. The predicted molar refractivity (Wildman–Crippen MR) is 92.5 cm³/mol. The van der Waals surface area contributed by atoms with Crippen molar-refractivity contribution in [2.45, 2.75) is 51.0 Å². The van der Waals surface area contributed by atoms with Crippen LogP contribution in [0, 0.1) is 5.92 Å². The van der Waals surface area contributed by atoms with Crippen molar-refractivity contribution in [3.8, 4) is 0 Å². The maximum atomic E-state index is 6.29. The summed E-state index contributed by atoms with van der Waals surface area (Å²) in [7, 11) is 0. The molecule has 3 rings (SSSR count). The number of nitrogens with two attached hydrogens (primary N) is 1. The molecule has 3 heteroatoms. The standard InChI is InChI=1S/C18H27BrN2/c1-2-21(12-14-4-3-5-14)18(13-20)9-8-15-10-17(19)7-6-16(15)11-18/h6-7,10,14H,2-5,8-9,11-13,20H2,1H3. The summed E-state index contributed by atoms with van der Waals surface area (Å²) in [5.41, 5.74) is 9.48. The van der Waals surface area contributed by atoms with Gasteiger partial charge < -0.3 is 5.73 Å². The van der Waals surface area contributed by atoms with Gasteiger partial charge in [0.1, 0.15) is 0 Å². The summed E-state index contributed by atoms with van der Waals surface area (Å²) >= 11 is 3.59. The van der Waals surface area contributed by atoms with E-state index in [1.165, 1.54) is 47.8 Å². The van der Waals surface area contributed by atoms with Crippen LogP contribution >= 0.6 is 15.9 Å². The van der Waals surface area contributed by atoms with Crippen LogP contribution in [-0.2, 0) is 12.8 Å². The van der Waals surface area contributed by atoms with Crippen LogP contribution in [0.3, 0.4) is 0 Å². The van der Waals surface area contributed by atoms with Gasteiger partial charge in [-0.2, -0.15) is 0 Å². The van der Waals surface area contributed by atoms with Crippen LogP contribution in [0.2, 0.25) is 0 Å². The SMILES string of the molecule is CCN(CC1CCC1)C1(CN)CCc2cc(Br)ccc2C1. The summed E-state index contributed by atoms with van der Waals surface area (Å²) in [5, 5.41) is 0. The van der Waals surface area contributed by atoms with Gasteiger partial charge in [-0.25, -0.2) is 0 Å². The Morgan fingerprint density at radius 1 is 1.33 bits per heavy atom. The maximum absolute atomic E-state index is 6.29. The quantitative estimate of drug-likeness (QED) is 0.875. The molecular weight excluding hydrogens is 324 g/mol. The van der Waals surface area contributed by atoms with Crippen molar-refractivity contribution >= 4 is 15.9 Å². The summed E-state index contributed by atoms with van der Waals surface area (Å²) in [4.78, 5) is 2.70. The lowest BCUT2D eigenvalue weighted by Crippen LogP contribution is -2.58. The molecule has 1 atom stereocenters. The van der Waals surface area contributed by atoms with Gasteiger partial charge in [-0.1, -0.05) is 35.3 Å². The van der Waals surface area contributed by atoms with E-state index < -0.39 is 0 Å². The van der Waals surface area contributed by atoms with Crippen LogP contribution in [0.4, 0.5) is 0 Å². The highest BCUT2D eigenvalue weighted by Gasteiger charge is 2.39. The van der Waals surface area contributed by atoms with Gasteiger partial charge in [0.15, 0.2) is 0 Å². The summed E-state index contributed by atoms with van der Waals surface area (Å²) in [6, 6.07) is 6.76. The highest BCUT2D eigenvalue weighted by molar-refractivity contribution is 9.10. The molecule has 1 fully saturated rings. The molecule has 2 aliphatic carbocycles. The van der Waals surface area contributed by atoms with Crippen molar-refractivity contribution < 1.29 is 0 Å². The number of fused-ring (bicyclic) bond motifs is 1. The number of halogens is 1. The molecule has 2 N–H and O–H groups in total. The topological polar surface area (TPSA) is 29.3 Å². The Balaban J connectivity index is 1.81. The molecule has 1 aromatic carbocycles. The summed E-state index contributed by atoms with van der Waals surface area (Å²) in [5.74, 6) is 0.916. The molecule has 0 saturated heterocycles. The van der Waals surface area contributed by atoms with E-state index in [1.807, 2.05) is 0 Å². The van der Waals surface area contributed by atoms with Gasteiger partial charge >= 0.3 is 0 Å². The third kappa shape index (κ3) is 3.06. The molecule has 1 aromatic rings. The first-order valence-electron chi connectivity index (χ1n) is 8.39. The average molecular weight is 351 g/mol. The Bertz CT molecular complexity index is 498. The third-order valence-corrected chi connectivity index (χ3v) is 6.18. The van der Waals surface area contributed by atoms with Crippen molar-refractivity contribution in [2.24, 2.45) is 11.7 Å². The highest BCUT2D eigenvalue weighted by Crippen LogP contribution is 2.36. The number of hydrogen-bond donors (Lipinski definition) is 1. The van der Waals surface area contributed by atoms with Gasteiger partial charge in [0.2, 0.25) is 0 Å². The number of nitrogens with zero attached hydrogens (tertiary/aromatic N) is 1. The van der Waals surface area contributed by atoms with E-state index in [1.54, 1.807) is 0 Å². The Kier molecular flexibility index (Phi) is 4.72. The van der Waals surface area contributed by atoms with Crippen LogP contribution in [0.15, 0.2) is 22.7 Å². The second-order valence-corrected chi connectivity index (χ2v) is 7.77. The van der Waals surface area contributed by atoms with Crippen molar-refractivity contribution in [2.75, 3.05) is 19.6 Å². The van der Waals surface area contributed by atoms with Crippen LogP contribution in [0.25, 0.3) is 0 Å². The van der Waals surface area contributed by atoms with Crippen molar-refractivity contribution in [1.82, 2.24) is 4.90 Å². The molecule has 1 unspecified atom stereocenters.